The normalized spacial score (nSPS) is 10.5. The van der Waals surface area contributed by atoms with E-state index in [4.69, 9.17) is 10.6 Å². The van der Waals surface area contributed by atoms with Gasteiger partial charge < -0.3 is 15.5 Å². The third kappa shape index (κ3) is 4.03. The fourth-order valence-corrected chi connectivity index (χ4v) is 1.72. The van der Waals surface area contributed by atoms with Gasteiger partial charge in [-0.25, -0.2) is 20.8 Å². The highest BCUT2D eigenvalue weighted by Gasteiger charge is 2.07. The number of rotatable bonds is 6. The number of hydrogen-bond donors (Lipinski definition) is 3. The maximum atomic E-state index is 5.44. The Labute approximate surface area is 123 Å². The van der Waals surface area contributed by atoms with Crippen molar-refractivity contribution in [2.45, 2.75) is 26.3 Å². The number of ether oxygens (including phenoxy) is 1. The molecule has 2 aromatic heterocycles. The lowest BCUT2D eigenvalue weighted by Gasteiger charge is -2.11. The van der Waals surface area contributed by atoms with Crippen LogP contribution in [0.4, 0.5) is 11.6 Å². The summed E-state index contributed by atoms with van der Waals surface area (Å²) in [6, 6.07) is 5.54. The summed E-state index contributed by atoms with van der Waals surface area (Å²) in [5, 5.41) is 3.24. The van der Waals surface area contributed by atoms with Crippen molar-refractivity contribution in [2.24, 2.45) is 5.84 Å². The molecule has 2 heterocycles. The van der Waals surface area contributed by atoms with Gasteiger partial charge in [-0.3, -0.25) is 0 Å². The molecule has 7 heteroatoms. The van der Waals surface area contributed by atoms with Crippen molar-refractivity contribution in [3.63, 3.8) is 0 Å². The van der Waals surface area contributed by atoms with Crippen molar-refractivity contribution in [3.05, 3.63) is 35.8 Å². The van der Waals surface area contributed by atoms with Crippen LogP contribution in [0.1, 0.15) is 31.2 Å². The summed E-state index contributed by atoms with van der Waals surface area (Å²) < 4.78 is 5.03. The minimum atomic E-state index is 0.224. The lowest BCUT2D eigenvalue weighted by Crippen LogP contribution is -2.13. The molecule has 0 aliphatic carbocycles. The molecule has 0 spiro atoms. The second-order valence-corrected chi connectivity index (χ2v) is 4.86. The number of nitrogens with two attached hydrogens (primary N) is 1. The van der Waals surface area contributed by atoms with E-state index in [1.165, 1.54) is 0 Å². The van der Waals surface area contributed by atoms with Gasteiger partial charge in [0.25, 0.3) is 0 Å². The van der Waals surface area contributed by atoms with Crippen LogP contribution in [0.5, 0.6) is 5.88 Å². The Balaban J connectivity index is 2.09. The molecule has 7 nitrogen and oxygen atoms in total. The zero-order valence-corrected chi connectivity index (χ0v) is 12.4. The first-order chi connectivity index (χ1) is 10.1. The first kappa shape index (κ1) is 15.0. The van der Waals surface area contributed by atoms with E-state index in [2.05, 4.69) is 25.7 Å². The first-order valence-corrected chi connectivity index (χ1v) is 6.70. The van der Waals surface area contributed by atoms with E-state index in [1.807, 2.05) is 26.0 Å². The number of anilines is 2. The van der Waals surface area contributed by atoms with Crippen LogP contribution in [0.15, 0.2) is 24.4 Å². The van der Waals surface area contributed by atoms with Crippen molar-refractivity contribution in [1.29, 1.82) is 0 Å². The van der Waals surface area contributed by atoms with Gasteiger partial charge >= 0.3 is 0 Å². The van der Waals surface area contributed by atoms with Crippen LogP contribution in [-0.4, -0.2) is 22.1 Å². The van der Waals surface area contributed by atoms with E-state index < -0.39 is 0 Å². The lowest BCUT2D eigenvalue weighted by atomic mass is 10.2. The van der Waals surface area contributed by atoms with Gasteiger partial charge in [-0.15, -0.1) is 0 Å². The van der Waals surface area contributed by atoms with Crippen molar-refractivity contribution >= 4 is 11.6 Å². The third-order valence-electron chi connectivity index (χ3n) is 2.89. The second-order valence-electron chi connectivity index (χ2n) is 4.86. The third-order valence-corrected chi connectivity index (χ3v) is 2.89. The summed E-state index contributed by atoms with van der Waals surface area (Å²) in [6.45, 7) is 4.68. The maximum absolute atomic E-state index is 5.44. The number of aromatic nitrogens is 3. The Morgan fingerprint density at radius 3 is 2.57 bits per heavy atom. The van der Waals surface area contributed by atoms with Gasteiger partial charge in [0.05, 0.1) is 7.11 Å². The van der Waals surface area contributed by atoms with Gasteiger partial charge in [0.1, 0.15) is 17.5 Å². The smallest absolute Gasteiger partial charge is 0.212 e. The van der Waals surface area contributed by atoms with Crippen LogP contribution >= 0.6 is 0 Å². The molecule has 0 radical (unpaired) electrons. The van der Waals surface area contributed by atoms with Gasteiger partial charge in [-0.05, 0) is 5.56 Å². The highest BCUT2D eigenvalue weighted by atomic mass is 16.5. The van der Waals surface area contributed by atoms with E-state index in [0.29, 0.717) is 18.2 Å². The van der Waals surface area contributed by atoms with E-state index in [9.17, 15) is 0 Å². The van der Waals surface area contributed by atoms with Gasteiger partial charge in [0.2, 0.25) is 5.88 Å². The molecule has 0 atom stereocenters. The molecule has 0 bridgehead atoms. The molecule has 112 valence electrons. The molecule has 0 aliphatic heterocycles. The Bertz CT molecular complexity index is 585. The van der Waals surface area contributed by atoms with Crippen LogP contribution in [0.25, 0.3) is 0 Å². The lowest BCUT2D eigenvalue weighted by molar-refractivity contribution is 0.397. The van der Waals surface area contributed by atoms with Gasteiger partial charge in [-0.2, -0.15) is 0 Å². The SMILES string of the molecule is COc1ccc(CNc2cc(NN)nc(C(C)C)n2)cn1. The molecule has 21 heavy (non-hydrogen) atoms. The van der Waals surface area contributed by atoms with E-state index in [-0.39, 0.29) is 5.92 Å². The summed E-state index contributed by atoms with van der Waals surface area (Å²) in [5.74, 6) is 8.30. The first-order valence-electron chi connectivity index (χ1n) is 6.70. The zero-order chi connectivity index (χ0) is 15.2. The standard InChI is InChI=1S/C14H20N6O/c1-9(2)14-18-11(6-12(19-14)20-15)16-7-10-4-5-13(21-3)17-8-10/h4-6,8-9H,7,15H2,1-3H3,(H2,16,18,19,20). The minimum absolute atomic E-state index is 0.224. The summed E-state index contributed by atoms with van der Waals surface area (Å²) in [6.07, 6.45) is 1.76. The van der Waals surface area contributed by atoms with E-state index in [1.54, 1.807) is 19.4 Å². The van der Waals surface area contributed by atoms with Gasteiger partial charge in [-0.1, -0.05) is 19.9 Å². The summed E-state index contributed by atoms with van der Waals surface area (Å²) in [5.41, 5.74) is 3.59. The summed E-state index contributed by atoms with van der Waals surface area (Å²) in [7, 11) is 1.59. The number of pyridine rings is 1. The van der Waals surface area contributed by atoms with Crippen LogP contribution in [-0.2, 0) is 6.54 Å². The van der Waals surface area contributed by atoms with Crippen LogP contribution in [0.3, 0.4) is 0 Å². The molecule has 0 amide bonds. The molecule has 2 rings (SSSR count). The predicted octanol–water partition coefficient (Wildman–Crippen LogP) is 1.90. The zero-order valence-electron chi connectivity index (χ0n) is 12.4. The minimum Gasteiger partial charge on any atom is -0.481 e. The fourth-order valence-electron chi connectivity index (χ4n) is 1.72. The van der Waals surface area contributed by atoms with Crippen molar-refractivity contribution in [2.75, 3.05) is 17.9 Å². The van der Waals surface area contributed by atoms with Crippen LogP contribution in [0, 0.1) is 0 Å². The molecule has 0 fully saturated rings. The molecule has 0 aliphatic rings. The largest absolute Gasteiger partial charge is 0.481 e. The number of hydrogen-bond acceptors (Lipinski definition) is 7. The molecule has 4 N–H and O–H groups in total. The van der Waals surface area contributed by atoms with Gasteiger partial charge in [0.15, 0.2) is 0 Å². The van der Waals surface area contributed by atoms with E-state index >= 15 is 0 Å². The molecular weight excluding hydrogens is 268 g/mol. The Morgan fingerprint density at radius 1 is 1.24 bits per heavy atom. The molecular formula is C14H20N6O. The Hall–Kier alpha value is -2.41. The second kappa shape index (κ2) is 6.85. The number of methoxy groups -OCH3 is 1. The molecule has 0 saturated heterocycles. The maximum Gasteiger partial charge on any atom is 0.212 e. The fraction of sp³-hybridized carbons (Fsp3) is 0.357. The van der Waals surface area contributed by atoms with Crippen molar-refractivity contribution < 1.29 is 4.74 Å². The summed E-state index contributed by atoms with van der Waals surface area (Å²) >= 11 is 0. The van der Waals surface area contributed by atoms with Crippen LogP contribution in [0.2, 0.25) is 0 Å². The number of nitrogen functional groups attached to an aromatic ring is 1. The van der Waals surface area contributed by atoms with Crippen molar-refractivity contribution in [1.82, 2.24) is 15.0 Å². The number of hydrazine groups is 1. The molecule has 0 aromatic carbocycles. The van der Waals surface area contributed by atoms with Crippen molar-refractivity contribution in [3.8, 4) is 5.88 Å². The number of nitrogens with one attached hydrogen (secondary N) is 2. The Morgan fingerprint density at radius 2 is 2.00 bits per heavy atom. The monoisotopic (exact) mass is 288 g/mol. The highest BCUT2D eigenvalue weighted by molar-refractivity contribution is 5.47. The molecule has 2 aromatic rings. The average molecular weight is 288 g/mol. The molecule has 0 saturated carbocycles. The van der Waals surface area contributed by atoms with Gasteiger partial charge in [0, 0.05) is 30.8 Å². The molecule has 0 unspecified atom stereocenters. The Kier molecular flexibility index (Phi) is 4.89. The predicted molar refractivity (Wildman–Crippen MR) is 82.0 cm³/mol. The highest BCUT2D eigenvalue weighted by Crippen LogP contribution is 2.17. The van der Waals surface area contributed by atoms with Crippen LogP contribution < -0.4 is 21.3 Å². The quantitative estimate of drug-likeness (QED) is 0.551. The van der Waals surface area contributed by atoms with E-state index in [0.717, 1.165) is 17.2 Å². The average Bonchev–Trinajstić information content (AvgIpc) is 2.53. The topological polar surface area (TPSA) is 98.0 Å². The number of nitrogens with zero attached hydrogens (tertiary/aromatic N) is 3. The summed E-state index contributed by atoms with van der Waals surface area (Å²) in [4.78, 5) is 12.9.